The molecule has 5 nitrogen and oxygen atoms in total. The second-order valence-corrected chi connectivity index (χ2v) is 7.75. The molecule has 0 aromatic heterocycles. The molecule has 1 saturated heterocycles. The number of amides is 1. The van der Waals surface area contributed by atoms with Crippen molar-refractivity contribution >= 4 is 28.2 Å². The molecule has 1 N–H and O–H groups in total. The number of hydrogen-bond donors (Lipinski definition) is 1. The van der Waals surface area contributed by atoms with E-state index >= 15 is 0 Å². The minimum absolute atomic E-state index is 0. The van der Waals surface area contributed by atoms with E-state index in [1.807, 2.05) is 14.0 Å². The molecule has 0 unspecified atom stereocenters. The summed E-state index contributed by atoms with van der Waals surface area (Å²) in [6, 6.07) is 6.99. The number of carbonyl (C=O) groups is 1. The van der Waals surface area contributed by atoms with Crippen molar-refractivity contribution in [1.82, 2.24) is 10.2 Å². The van der Waals surface area contributed by atoms with E-state index in [9.17, 15) is 13.2 Å². The van der Waals surface area contributed by atoms with Gasteiger partial charge in [-0.25, -0.2) is 8.42 Å². The van der Waals surface area contributed by atoms with Crippen LogP contribution < -0.4 is 5.32 Å². The minimum atomic E-state index is -3.40. The zero-order chi connectivity index (χ0) is 16.2. The molecular weight excluding hydrogens is 336 g/mol. The predicted octanol–water partition coefficient (Wildman–Crippen LogP) is 2.12. The molecule has 1 fully saturated rings. The second-order valence-electron chi connectivity index (χ2n) is 5.67. The topological polar surface area (TPSA) is 66.5 Å². The van der Waals surface area contributed by atoms with E-state index < -0.39 is 9.84 Å². The van der Waals surface area contributed by atoms with Crippen LogP contribution in [0.4, 0.5) is 0 Å². The van der Waals surface area contributed by atoms with E-state index in [0.29, 0.717) is 31.1 Å². The Balaban J connectivity index is 0.00000264. The van der Waals surface area contributed by atoms with Gasteiger partial charge >= 0.3 is 0 Å². The van der Waals surface area contributed by atoms with Crippen molar-refractivity contribution in [3.8, 4) is 0 Å². The van der Waals surface area contributed by atoms with Gasteiger partial charge in [0, 0.05) is 19.1 Å². The maximum Gasteiger partial charge on any atom is 0.255 e. The maximum absolute atomic E-state index is 12.7. The molecule has 0 radical (unpaired) electrons. The summed E-state index contributed by atoms with van der Waals surface area (Å²) in [5, 5.41) is 3.22. The van der Waals surface area contributed by atoms with Crippen molar-refractivity contribution in [3.63, 3.8) is 0 Å². The Hall–Kier alpha value is -1.11. The lowest BCUT2D eigenvalue weighted by Gasteiger charge is -2.32. The van der Waals surface area contributed by atoms with Crippen molar-refractivity contribution in [2.75, 3.05) is 25.9 Å². The molecule has 0 atom stereocenters. The number of nitrogens with zero attached hydrogens (tertiary/aromatic N) is 1. The fraction of sp³-hybridized carbons (Fsp3) is 0.562. The van der Waals surface area contributed by atoms with Crippen LogP contribution in [-0.4, -0.2) is 51.2 Å². The highest BCUT2D eigenvalue weighted by Gasteiger charge is 2.27. The third-order valence-corrected chi connectivity index (χ3v) is 6.09. The Morgan fingerprint density at radius 3 is 2.43 bits per heavy atom. The number of carbonyl (C=O) groups excluding carboxylic acids is 1. The number of benzene rings is 1. The molecule has 1 aliphatic heterocycles. The smallest absolute Gasteiger partial charge is 0.255 e. The third-order valence-electron chi connectivity index (χ3n) is 4.12. The van der Waals surface area contributed by atoms with Crippen molar-refractivity contribution in [1.29, 1.82) is 0 Å². The number of halogens is 1. The number of hydrogen-bond acceptors (Lipinski definition) is 4. The lowest BCUT2D eigenvalue weighted by atomic mass is 10.0. The van der Waals surface area contributed by atoms with Crippen LogP contribution in [0.1, 0.15) is 36.5 Å². The first-order valence-corrected chi connectivity index (χ1v) is 9.43. The number of nitrogens with one attached hydrogen (secondary N) is 1. The zero-order valence-electron chi connectivity index (χ0n) is 13.6. The molecule has 1 heterocycles. The molecule has 130 valence electrons. The van der Waals surface area contributed by atoms with Crippen molar-refractivity contribution in [2.45, 2.75) is 37.1 Å². The maximum atomic E-state index is 12.7. The summed E-state index contributed by atoms with van der Waals surface area (Å²) in [6.45, 7) is 3.14. The van der Waals surface area contributed by atoms with Gasteiger partial charge in [-0.15, -0.1) is 12.4 Å². The quantitative estimate of drug-likeness (QED) is 0.873. The van der Waals surface area contributed by atoms with Crippen LogP contribution in [0.5, 0.6) is 0 Å². The van der Waals surface area contributed by atoms with E-state index in [1.54, 1.807) is 29.2 Å². The molecule has 0 spiro atoms. The lowest BCUT2D eigenvalue weighted by Crippen LogP contribution is -2.44. The Labute approximate surface area is 144 Å². The molecule has 23 heavy (non-hydrogen) atoms. The average molecular weight is 361 g/mol. The van der Waals surface area contributed by atoms with Gasteiger partial charge in [0.15, 0.2) is 9.84 Å². The summed E-state index contributed by atoms with van der Waals surface area (Å²) in [7, 11) is -1.47. The van der Waals surface area contributed by atoms with Crippen LogP contribution in [0.3, 0.4) is 0 Å². The summed E-state index contributed by atoms with van der Waals surface area (Å²) in [4.78, 5) is 14.6. The van der Waals surface area contributed by atoms with Crippen molar-refractivity contribution in [3.05, 3.63) is 29.8 Å². The summed E-state index contributed by atoms with van der Waals surface area (Å²) >= 11 is 0. The molecule has 0 aliphatic carbocycles. The third kappa shape index (κ3) is 4.68. The van der Waals surface area contributed by atoms with Crippen LogP contribution in [0.25, 0.3) is 0 Å². The van der Waals surface area contributed by atoms with E-state index in [-0.39, 0.29) is 29.0 Å². The first-order valence-electron chi connectivity index (χ1n) is 7.78. The Morgan fingerprint density at radius 2 is 1.87 bits per heavy atom. The highest BCUT2D eigenvalue weighted by Crippen LogP contribution is 2.21. The van der Waals surface area contributed by atoms with Gasteiger partial charge in [0.05, 0.1) is 16.2 Å². The highest BCUT2D eigenvalue weighted by molar-refractivity contribution is 7.91. The van der Waals surface area contributed by atoms with E-state index in [4.69, 9.17) is 0 Å². The van der Waals surface area contributed by atoms with Crippen LogP contribution >= 0.6 is 12.4 Å². The van der Waals surface area contributed by atoms with Gasteiger partial charge in [-0.2, -0.15) is 0 Å². The summed E-state index contributed by atoms with van der Waals surface area (Å²) < 4.78 is 24.7. The summed E-state index contributed by atoms with van der Waals surface area (Å²) in [5.74, 6) is -0.108. The zero-order valence-corrected chi connectivity index (χ0v) is 15.3. The largest absolute Gasteiger partial charge is 0.338 e. The summed E-state index contributed by atoms with van der Waals surface area (Å²) in [6.07, 6.45) is 2.33. The SMILES string of the molecule is CCCS(=O)(=O)c1ccccc1C(=O)N1CCC(NC)CC1.Cl. The van der Waals surface area contributed by atoms with Gasteiger partial charge in [-0.05, 0) is 38.4 Å². The molecule has 2 rings (SSSR count). The molecule has 1 aliphatic rings. The number of likely N-dealkylation sites (tertiary alicyclic amines) is 1. The van der Waals surface area contributed by atoms with Crippen LogP contribution in [-0.2, 0) is 9.84 Å². The molecule has 1 aromatic carbocycles. The van der Waals surface area contributed by atoms with Gasteiger partial charge in [0.25, 0.3) is 5.91 Å². The van der Waals surface area contributed by atoms with Gasteiger partial charge in [0.2, 0.25) is 0 Å². The van der Waals surface area contributed by atoms with E-state index in [2.05, 4.69) is 5.32 Å². The molecule has 1 aromatic rings. The van der Waals surface area contributed by atoms with Gasteiger partial charge in [-0.1, -0.05) is 19.1 Å². The van der Waals surface area contributed by atoms with Gasteiger partial charge in [0.1, 0.15) is 0 Å². The fourth-order valence-corrected chi connectivity index (χ4v) is 4.37. The number of piperidine rings is 1. The first-order chi connectivity index (χ1) is 10.5. The van der Waals surface area contributed by atoms with Crippen LogP contribution in [0.15, 0.2) is 29.2 Å². The normalized spacial score (nSPS) is 16.0. The van der Waals surface area contributed by atoms with Gasteiger partial charge < -0.3 is 10.2 Å². The van der Waals surface area contributed by atoms with E-state index in [1.165, 1.54) is 0 Å². The van der Waals surface area contributed by atoms with Gasteiger partial charge in [-0.3, -0.25) is 4.79 Å². The highest BCUT2D eigenvalue weighted by atomic mass is 35.5. The Morgan fingerprint density at radius 1 is 1.26 bits per heavy atom. The minimum Gasteiger partial charge on any atom is -0.338 e. The lowest BCUT2D eigenvalue weighted by molar-refractivity contribution is 0.0703. The number of sulfone groups is 1. The molecule has 1 amide bonds. The second kappa shape index (κ2) is 8.66. The number of rotatable bonds is 5. The van der Waals surface area contributed by atoms with Crippen LogP contribution in [0.2, 0.25) is 0 Å². The Kier molecular flexibility index (Phi) is 7.51. The standard InChI is InChI=1S/C16H24N2O3S.ClH/c1-3-12-22(20,21)15-7-5-4-6-14(15)16(19)18-10-8-13(17-2)9-11-18;/h4-7,13,17H,3,8-12H2,1-2H3;1H. The predicted molar refractivity (Wildman–Crippen MR) is 94.0 cm³/mol. The van der Waals surface area contributed by atoms with Crippen LogP contribution in [0, 0.1) is 0 Å². The summed E-state index contributed by atoms with van der Waals surface area (Å²) in [5.41, 5.74) is 0.304. The average Bonchev–Trinajstić information content (AvgIpc) is 2.54. The Bertz CT molecular complexity index is 626. The first kappa shape index (κ1) is 19.9. The molecule has 7 heteroatoms. The van der Waals surface area contributed by atoms with E-state index in [0.717, 1.165) is 12.8 Å². The molecule has 0 bridgehead atoms. The van der Waals surface area contributed by atoms with Crippen molar-refractivity contribution in [2.24, 2.45) is 0 Å². The molecular formula is C16H25ClN2O3S. The molecule has 0 saturated carbocycles. The van der Waals surface area contributed by atoms with Crippen molar-refractivity contribution < 1.29 is 13.2 Å². The fourth-order valence-electron chi connectivity index (χ4n) is 2.83. The monoisotopic (exact) mass is 360 g/mol.